The fourth-order valence-corrected chi connectivity index (χ4v) is 1.85. The summed E-state index contributed by atoms with van der Waals surface area (Å²) < 4.78 is 38.7. The van der Waals surface area contributed by atoms with E-state index in [4.69, 9.17) is 5.73 Å². The van der Waals surface area contributed by atoms with Crippen molar-refractivity contribution in [2.24, 2.45) is 5.73 Å². The molecule has 2 rings (SSSR count). The Hall–Kier alpha value is -1.95. The smallest absolute Gasteiger partial charge is 0.320 e. The van der Waals surface area contributed by atoms with E-state index in [1.54, 1.807) is 19.1 Å². The fraction of sp³-hybridized carbons (Fsp3) is 0.231. The minimum Gasteiger partial charge on any atom is -0.320 e. The van der Waals surface area contributed by atoms with Gasteiger partial charge in [-0.1, -0.05) is 0 Å². The molecule has 0 aliphatic rings. The van der Waals surface area contributed by atoms with Gasteiger partial charge in [0.1, 0.15) is 0 Å². The molecule has 0 saturated carbocycles. The fourth-order valence-electron chi connectivity index (χ4n) is 1.85. The molecule has 2 aromatic heterocycles. The molecule has 0 aromatic carbocycles. The van der Waals surface area contributed by atoms with Gasteiger partial charge in [-0.15, -0.1) is 0 Å². The number of alkyl halides is 3. The van der Waals surface area contributed by atoms with Crippen molar-refractivity contribution in [1.82, 2.24) is 9.97 Å². The first-order valence-electron chi connectivity index (χ1n) is 5.59. The molecule has 6 heteroatoms. The average molecular weight is 267 g/mol. The van der Waals surface area contributed by atoms with Crippen molar-refractivity contribution in [2.75, 3.05) is 0 Å². The maximum absolute atomic E-state index is 12.9. The third kappa shape index (κ3) is 2.90. The molecular formula is C13H12F3N3. The van der Waals surface area contributed by atoms with E-state index in [-0.39, 0.29) is 5.56 Å². The zero-order chi connectivity index (χ0) is 14.0. The minimum atomic E-state index is -4.45. The van der Waals surface area contributed by atoms with Gasteiger partial charge in [-0.2, -0.15) is 13.2 Å². The molecule has 2 N–H and O–H groups in total. The number of aryl methyl sites for hydroxylation is 1. The van der Waals surface area contributed by atoms with Crippen LogP contribution in [0.1, 0.15) is 28.4 Å². The number of nitrogens with zero attached hydrogens (tertiary/aromatic N) is 2. The monoisotopic (exact) mass is 267 g/mol. The van der Waals surface area contributed by atoms with Crippen molar-refractivity contribution in [2.45, 2.75) is 19.1 Å². The molecule has 2 aromatic rings. The third-order valence-corrected chi connectivity index (χ3v) is 2.77. The first-order valence-corrected chi connectivity index (χ1v) is 5.59. The van der Waals surface area contributed by atoms with Gasteiger partial charge in [-0.05, 0) is 30.7 Å². The highest BCUT2D eigenvalue weighted by Crippen LogP contribution is 2.35. The van der Waals surface area contributed by atoms with Crippen LogP contribution in [0.2, 0.25) is 0 Å². The predicted molar refractivity (Wildman–Crippen MR) is 64.2 cm³/mol. The highest BCUT2D eigenvalue weighted by molar-refractivity contribution is 5.36. The summed E-state index contributed by atoms with van der Waals surface area (Å²) in [5.74, 6) is 0. The Morgan fingerprint density at radius 2 is 1.95 bits per heavy atom. The Labute approximate surface area is 108 Å². The van der Waals surface area contributed by atoms with Crippen molar-refractivity contribution in [3.05, 3.63) is 59.2 Å². The van der Waals surface area contributed by atoms with Gasteiger partial charge in [-0.25, -0.2) is 0 Å². The second kappa shape index (κ2) is 4.97. The minimum absolute atomic E-state index is 0.0411. The summed E-state index contributed by atoms with van der Waals surface area (Å²) in [6.45, 7) is 1.75. The lowest BCUT2D eigenvalue weighted by atomic mass is 9.97. The molecule has 0 spiro atoms. The Morgan fingerprint density at radius 3 is 2.58 bits per heavy atom. The summed E-state index contributed by atoms with van der Waals surface area (Å²) in [7, 11) is 0. The lowest BCUT2D eigenvalue weighted by Gasteiger charge is -2.18. The van der Waals surface area contributed by atoms with Crippen LogP contribution in [0.4, 0.5) is 13.2 Å². The Bertz CT molecular complexity index is 581. The van der Waals surface area contributed by atoms with Gasteiger partial charge in [0.25, 0.3) is 0 Å². The Kier molecular flexibility index (Phi) is 3.53. The van der Waals surface area contributed by atoms with E-state index in [1.807, 2.05) is 0 Å². The Morgan fingerprint density at radius 1 is 1.21 bits per heavy atom. The second-order valence-electron chi connectivity index (χ2n) is 4.17. The van der Waals surface area contributed by atoms with Crippen LogP contribution < -0.4 is 5.73 Å². The molecule has 0 amide bonds. The maximum atomic E-state index is 12.9. The molecular weight excluding hydrogens is 255 g/mol. The van der Waals surface area contributed by atoms with Crippen LogP contribution in [0.5, 0.6) is 0 Å². The van der Waals surface area contributed by atoms with Gasteiger partial charge in [0, 0.05) is 29.8 Å². The highest BCUT2D eigenvalue weighted by Gasteiger charge is 2.34. The number of hydrogen-bond acceptors (Lipinski definition) is 3. The number of pyridine rings is 2. The summed E-state index contributed by atoms with van der Waals surface area (Å²) in [6.07, 6.45) is -0.660. The molecule has 0 fully saturated rings. The maximum Gasteiger partial charge on any atom is 0.416 e. The van der Waals surface area contributed by atoms with Gasteiger partial charge >= 0.3 is 6.18 Å². The molecule has 3 nitrogen and oxygen atoms in total. The van der Waals surface area contributed by atoms with E-state index in [1.165, 1.54) is 6.20 Å². The van der Waals surface area contributed by atoms with Crippen LogP contribution in [0.3, 0.4) is 0 Å². The molecule has 0 radical (unpaired) electrons. The van der Waals surface area contributed by atoms with E-state index in [2.05, 4.69) is 9.97 Å². The van der Waals surface area contributed by atoms with Crippen LogP contribution in [0.15, 0.2) is 36.8 Å². The first-order chi connectivity index (χ1) is 8.89. The van der Waals surface area contributed by atoms with E-state index < -0.39 is 17.8 Å². The number of hydrogen-bond donors (Lipinski definition) is 1. The van der Waals surface area contributed by atoms with Crippen molar-refractivity contribution in [3.8, 4) is 0 Å². The van der Waals surface area contributed by atoms with Crippen LogP contribution in [-0.2, 0) is 6.18 Å². The topological polar surface area (TPSA) is 51.8 Å². The lowest BCUT2D eigenvalue weighted by Crippen LogP contribution is -2.19. The van der Waals surface area contributed by atoms with Gasteiger partial charge in [0.05, 0.1) is 11.6 Å². The van der Waals surface area contributed by atoms with E-state index in [9.17, 15) is 13.2 Å². The van der Waals surface area contributed by atoms with Gasteiger partial charge in [0.15, 0.2) is 0 Å². The molecule has 1 unspecified atom stereocenters. The number of halogens is 3. The molecule has 0 aliphatic carbocycles. The van der Waals surface area contributed by atoms with Gasteiger partial charge in [0.2, 0.25) is 0 Å². The summed E-state index contributed by atoms with van der Waals surface area (Å²) in [5, 5.41) is 0. The number of rotatable bonds is 2. The second-order valence-corrected chi connectivity index (χ2v) is 4.17. The zero-order valence-corrected chi connectivity index (χ0v) is 10.1. The molecule has 19 heavy (non-hydrogen) atoms. The quantitative estimate of drug-likeness (QED) is 0.910. The van der Waals surface area contributed by atoms with Crippen LogP contribution in [-0.4, -0.2) is 9.97 Å². The summed E-state index contributed by atoms with van der Waals surface area (Å²) in [6, 6.07) is 3.32. The van der Waals surface area contributed by atoms with Crippen molar-refractivity contribution >= 4 is 0 Å². The summed E-state index contributed by atoms with van der Waals surface area (Å²) in [4.78, 5) is 7.73. The van der Waals surface area contributed by atoms with E-state index >= 15 is 0 Å². The van der Waals surface area contributed by atoms with E-state index in [0.717, 1.165) is 18.5 Å². The molecule has 100 valence electrons. The summed E-state index contributed by atoms with van der Waals surface area (Å²) in [5.41, 5.74) is 6.39. The van der Waals surface area contributed by atoms with Crippen molar-refractivity contribution in [3.63, 3.8) is 0 Å². The highest BCUT2D eigenvalue weighted by atomic mass is 19.4. The Balaban J connectivity index is 2.48. The average Bonchev–Trinajstić information content (AvgIpc) is 2.37. The number of nitrogens with two attached hydrogens (primary N) is 1. The van der Waals surface area contributed by atoms with Gasteiger partial charge < -0.3 is 5.73 Å². The van der Waals surface area contributed by atoms with Crippen molar-refractivity contribution < 1.29 is 13.2 Å². The summed E-state index contributed by atoms with van der Waals surface area (Å²) >= 11 is 0. The van der Waals surface area contributed by atoms with E-state index in [0.29, 0.717) is 11.3 Å². The molecule has 0 bridgehead atoms. The molecule has 2 heterocycles. The number of aromatic nitrogens is 2. The van der Waals surface area contributed by atoms with Gasteiger partial charge in [-0.3, -0.25) is 9.97 Å². The molecule has 1 atom stereocenters. The predicted octanol–water partition coefficient (Wildman–Crippen LogP) is 2.85. The first kappa shape index (κ1) is 13.5. The SMILES string of the molecule is Cc1cc(C(N)c2cnccc2C(F)(F)F)ccn1. The normalized spacial score (nSPS) is 13.3. The van der Waals surface area contributed by atoms with Crippen molar-refractivity contribution in [1.29, 1.82) is 0 Å². The standard InChI is InChI=1S/C13H12F3N3/c1-8-6-9(2-5-19-8)12(17)10-7-18-4-3-11(10)13(14,15)16/h2-7,12H,17H2,1H3. The largest absolute Gasteiger partial charge is 0.416 e. The third-order valence-electron chi connectivity index (χ3n) is 2.77. The van der Waals surface area contributed by atoms with Crippen LogP contribution in [0, 0.1) is 6.92 Å². The zero-order valence-electron chi connectivity index (χ0n) is 10.1. The lowest BCUT2D eigenvalue weighted by molar-refractivity contribution is -0.138. The van der Waals surface area contributed by atoms with Crippen LogP contribution in [0.25, 0.3) is 0 Å². The molecule has 0 saturated heterocycles. The molecule has 0 aliphatic heterocycles. The van der Waals surface area contributed by atoms with Crippen LogP contribution >= 0.6 is 0 Å².